The first-order valence-corrected chi connectivity index (χ1v) is 17.4. The van der Waals surface area contributed by atoms with E-state index in [0.29, 0.717) is 51.1 Å². The van der Waals surface area contributed by atoms with Gasteiger partial charge in [-0.3, -0.25) is 0 Å². The van der Waals surface area contributed by atoms with Crippen molar-refractivity contribution >= 4 is 46.6 Å². The van der Waals surface area contributed by atoms with E-state index in [0.717, 1.165) is 0 Å². The number of hydrogen-bond donors (Lipinski definition) is 2. The number of hydrogen-bond acceptors (Lipinski definition) is 10. The van der Waals surface area contributed by atoms with Gasteiger partial charge in [-0.2, -0.15) is 0 Å². The number of allylic oxidation sites excluding steroid dienone is 2. The molecule has 12 nitrogen and oxygen atoms in total. The van der Waals surface area contributed by atoms with Gasteiger partial charge < -0.3 is 48.9 Å². The fourth-order valence-electron chi connectivity index (χ4n) is 6.87. The number of esters is 2. The monoisotopic (exact) mass is 746 g/mol. The molecule has 4 aliphatic rings. The topological polar surface area (TPSA) is 120 Å². The lowest BCUT2D eigenvalue weighted by molar-refractivity contribution is -0.140. The fourth-order valence-corrected chi connectivity index (χ4v) is 7.59. The highest BCUT2D eigenvalue weighted by atomic mass is 32.1. The third-order valence-electron chi connectivity index (χ3n) is 9.08. The summed E-state index contributed by atoms with van der Waals surface area (Å²) in [6.07, 6.45) is -0.999. The van der Waals surface area contributed by atoms with Gasteiger partial charge in [-0.15, -0.1) is 0 Å². The van der Waals surface area contributed by atoms with Gasteiger partial charge in [0, 0.05) is 11.4 Å². The number of rotatable bonds is 9. The van der Waals surface area contributed by atoms with E-state index >= 15 is 0 Å². The fraction of sp³-hybridized carbons (Fsp3) is 0.297. The quantitative estimate of drug-likeness (QED) is 0.202. The lowest BCUT2D eigenvalue weighted by Crippen LogP contribution is -2.58. The van der Waals surface area contributed by atoms with E-state index in [2.05, 4.69) is 10.6 Å². The summed E-state index contributed by atoms with van der Waals surface area (Å²) < 4.78 is 48.6. The standard InChI is InChI=1S/C37H35FN4O8S2/c1-5-45-34(43)29-19(3)39-36(51)41(31(29)22-9-13-25-27(15-22)49-17-47-25)33(21-7-11-24(38)12-8-21)42-32(23-10-14-26-28(16-23)50-18-48-26)30(35(44)46-6-2)20(4)40-37(42)52/h7-16,31-33H,5-6,17-18H2,1-4H3,(H,39,51)(H,40,52). The minimum absolute atomic E-state index is 0.0399. The number of halogens is 1. The van der Waals surface area contributed by atoms with Gasteiger partial charge in [-0.1, -0.05) is 24.3 Å². The van der Waals surface area contributed by atoms with Crippen LogP contribution in [0.4, 0.5) is 4.39 Å². The number of ether oxygens (including phenoxy) is 6. The molecule has 3 aromatic rings. The average Bonchev–Trinajstić information content (AvgIpc) is 3.79. The molecule has 0 radical (unpaired) electrons. The van der Waals surface area contributed by atoms with Crippen molar-refractivity contribution < 1.29 is 42.4 Å². The van der Waals surface area contributed by atoms with Crippen LogP contribution in [0.5, 0.6) is 23.0 Å². The number of carbonyl (C=O) groups excluding carboxylic acids is 2. The van der Waals surface area contributed by atoms with Crippen LogP contribution < -0.4 is 29.6 Å². The number of benzene rings is 3. The lowest BCUT2D eigenvalue weighted by atomic mass is 9.89. The van der Waals surface area contributed by atoms with Crippen molar-refractivity contribution in [2.45, 2.75) is 45.9 Å². The molecule has 0 spiro atoms. The molecule has 4 aliphatic heterocycles. The summed E-state index contributed by atoms with van der Waals surface area (Å²) in [5.41, 5.74) is 3.29. The Labute approximate surface area is 310 Å². The maximum absolute atomic E-state index is 14.6. The molecular weight excluding hydrogens is 712 g/mol. The Bertz CT molecular complexity index is 1920. The van der Waals surface area contributed by atoms with E-state index in [1.54, 1.807) is 73.9 Å². The van der Waals surface area contributed by atoms with Gasteiger partial charge in [0.25, 0.3) is 0 Å². The molecule has 0 amide bonds. The second-order valence-corrected chi connectivity index (χ2v) is 12.9. The maximum atomic E-state index is 14.6. The molecule has 2 unspecified atom stereocenters. The molecule has 270 valence electrons. The van der Waals surface area contributed by atoms with Gasteiger partial charge in [0.15, 0.2) is 33.2 Å². The Morgan fingerprint density at radius 2 is 1.15 bits per heavy atom. The highest BCUT2D eigenvalue weighted by Crippen LogP contribution is 2.49. The van der Waals surface area contributed by atoms with Crippen molar-refractivity contribution in [2.24, 2.45) is 0 Å². The highest BCUT2D eigenvalue weighted by Gasteiger charge is 2.48. The molecular formula is C37H35FN4O8S2. The molecule has 0 fully saturated rings. The minimum Gasteiger partial charge on any atom is -0.463 e. The summed E-state index contributed by atoms with van der Waals surface area (Å²) >= 11 is 12.3. The predicted molar refractivity (Wildman–Crippen MR) is 194 cm³/mol. The van der Waals surface area contributed by atoms with Crippen molar-refractivity contribution in [3.8, 4) is 23.0 Å². The van der Waals surface area contributed by atoms with Crippen molar-refractivity contribution in [1.29, 1.82) is 0 Å². The molecule has 0 bridgehead atoms. The SMILES string of the molecule is CCOC(=O)C1=C(C)NC(=S)N(C(c2ccc(F)cc2)N2C(=S)NC(C)=C(C(=O)OCC)C2c2ccc3c(c2)OCO3)C1c1ccc2c(c1)OCO2. The molecule has 52 heavy (non-hydrogen) atoms. The van der Waals surface area contributed by atoms with Crippen molar-refractivity contribution in [1.82, 2.24) is 20.4 Å². The van der Waals surface area contributed by atoms with E-state index in [9.17, 15) is 14.0 Å². The first-order valence-electron chi connectivity index (χ1n) is 16.6. The second-order valence-electron chi connectivity index (χ2n) is 12.1. The van der Waals surface area contributed by atoms with Gasteiger partial charge in [0.1, 0.15) is 12.0 Å². The van der Waals surface area contributed by atoms with Crippen LogP contribution in [-0.2, 0) is 19.1 Å². The molecule has 2 atom stereocenters. The summed E-state index contributed by atoms with van der Waals surface area (Å²) in [6, 6.07) is 14.8. The van der Waals surface area contributed by atoms with E-state index < -0.39 is 36.0 Å². The van der Waals surface area contributed by atoms with Crippen LogP contribution in [0.15, 0.2) is 83.2 Å². The Morgan fingerprint density at radius 3 is 1.58 bits per heavy atom. The van der Waals surface area contributed by atoms with E-state index in [4.69, 9.17) is 52.9 Å². The zero-order valence-corrected chi connectivity index (χ0v) is 30.3. The smallest absolute Gasteiger partial charge is 0.338 e. The molecule has 2 N–H and O–H groups in total. The number of nitrogens with zero attached hydrogens (tertiary/aromatic N) is 2. The third-order valence-corrected chi connectivity index (χ3v) is 9.71. The van der Waals surface area contributed by atoms with Gasteiger partial charge in [0.05, 0.1) is 36.4 Å². The van der Waals surface area contributed by atoms with Crippen LogP contribution in [0, 0.1) is 5.82 Å². The Morgan fingerprint density at radius 1 is 0.731 bits per heavy atom. The largest absolute Gasteiger partial charge is 0.463 e. The summed E-state index contributed by atoms with van der Waals surface area (Å²) in [4.78, 5) is 31.5. The van der Waals surface area contributed by atoms with Crippen LogP contribution in [-0.4, -0.2) is 58.8 Å². The molecule has 0 aliphatic carbocycles. The summed E-state index contributed by atoms with van der Waals surface area (Å²) in [6.45, 7) is 7.26. The van der Waals surface area contributed by atoms with Crippen LogP contribution in [0.25, 0.3) is 0 Å². The van der Waals surface area contributed by atoms with Crippen LogP contribution >= 0.6 is 24.4 Å². The second kappa shape index (κ2) is 14.3. The maximum Gasteiger partial charge on any atom is 0.338 e. The number of nitrogens with one attached hydrogen (secondary N) is 2. The third kappa shape index (κ3) is 6.23. The van der Waals surface area contributed by atoms with Crippen LogP contribution in [0.2, 0.25) is 0 Å². The predicted octanol–water partition coefficient (Wildman–Crippen LogP) is 5.82. The van der Waals surface area contributed by atoms with Crippen LogP contribution in [0.3, 0.4) is 0 Å². The van der Waals surface area contributed by atoms with Crippen molar-refractivity contribution in [3.63, 3.8) is 0 Å². The highest BCUT2D eigenvalue weighted by molar-refractivity contribution is 7.80. The van der Waals surface area contributed by atoms with Crippen molar-refractivity contribution in [2.75, 3.05) is 26.8 Å². The zero-order valence-electron chi connectivity index (χ0n) is 28.7. The number of fused-ring (bicyclic) bond motifs is 2. The summed E-state index contributed by atoms with van der Waals surface area (Å²) in [7, 11) is 0. The van der Waals surface area contributed by atoms with Gasteiger partial charge in [-0.25, -0.2) is 14.0 Å². The molecule has 0 saturated carbocycles. The number of thiocarbonyl (C=S) groups is 2. The van der Waals surface area contributed by atoms with E-state index in [-0.39, 0.29) is 48.2 Å². The Hall–Kier alpha value is -5.41. The zero-order chi connectivity index (χ0) is 36.7. The minimum atomic E-state index is -0.999. The average molecular weight is 747 g/mol. The molecule has 3 aromatic carbocycles. The Balaban J connectivity index is 1.49. The molecule has 0 saturated heterocycles. The first kappa shape index (κ1) is 35.0. The molecule has 7 rings (SSSR count). The van der Waals surface area contributed by atoms with Crippen molar-refractivity contribution in [3.05, 3.63) is 106 Å². The normalized spacial score (nSPS) is 19.7. The molecule has 0 aromatic heterocycles. The lowest BCUT2D eigenvalue weighted by Gasteiger charge is -2.52. The first-order chi connectivity index (χ1) is 25.1. The van der Waals surface area contributed by atoms with E-state index in [1.807, 2.05) is 12.1 Å². The van der Waals surface area contributed by atoms with Crippen LogP contribution in [0.1, 0.15) is 62.6 Å². The Kier molecular flexibility index (Phi) is 9.63. The van der Waals surface area contributed by atoms with Gasteiger partial charge >= 0.3 is 11.9 Å². The van der Waals surface area contributed by atoms with Gasteiger partial charge in [-0.05, 0) is 105 Å². The number of carbonyl (C=O) groups is 2. The molecule has 4 heterocycles. The van der Waals surface area contributed by atoms with Gasteiger partial charge in [0.2, 0.25) is 13.6 Å². The molecule has 15 heteroatoms. The van der Waals surface area contributed by atoms with E-state index in [1.165, 1.54) is 12.1 Å². The summed E-state index contributed by atoms with van der Waals surface area (Å²) in [5.74, 6) is 0.445. The summed E-state index contributed by atoms with van der Waals surface area (Å²) in [5, 5.41) is 6.87.